The molecule has 3 aromatic rings. The van der Waals surface area contributed by atoms with E-state index >= 15 is 0 Å². The van der Waals surface area contributed by atoms with E-state index in [0.29, 0.717) is 18.0 Å². The largest absolute Gasteiger partial charge is 0.490 e. The number of halogens is 2. The Balaban J connectivity index is 1.54. The number of ether oxygens (including phenoxy) is 1. The molecular formula is C16H15ClFN5O. The number of H-pyrrole nitrogens is 1. The Morgan fingerprint density at radius 2 is 2.25 bits per heavy atom. The second kappa shape index (κ2) is 6.24. The summed E-state index contributed by atoms with van der Waals surface area (Å²) < 4.78 is 18.9. The number of hydrogen-bond donors (Lipinski definition) is 1. The van der Waals surface area contributed by atoms with Gasteiger partial charge in [-0.15, -0.1) is 0 Å². The first-order valence-corrected chi connectivity index (χ1v) is 8.09. The topological polar surface area (TPSA) is 66.9 Å². The van der Waals surface area contributed by atoms with E-state index in [9.17, 15) is 4.39 Å². The molecule has 0 radical (unpaired) electrons. The van der Waals surface area contributed by atoms with E-state index in [0.717, 1.165) is 30.7 Å². The van der Waals surface area contributed by atoms with Gasteiger partial charge >= 0.3 is 0 Å². The zero-order valence-electron chi connectivity index (χ0n) is 12.7. The van der Waals surface area contributed by atoms with Gasteiger partial charge in [-0.2, -0.15) is 0 Å². The molecule has 2 aromatic heterocycles. The number of nitrogens with zero attached hydrogens (tertiary/aromatic N) is 4. The number of aromatic amines is 1. The molecule has 1 unspecified atom stereocenters. The van der Waals surface area contributed by atoms with Crippen LogP contribution in [-0.2, 0) is 0 Å². The summed E-state index contributed by atoms with van der Waals surface area (Å²) in [5.74, 6) is 0.936. The molecule has 1 saturated heterocycles. The molecule has 124 valence electrons. The van der Waals surface area contributed by atoms with Crippen LogP contribution in [0.25, 0.3) is 11.2 Å². The number of nitrogens with one attached hydrogen (secondary N) is 1. The van der Waals surface area contributed by atoms with Crippen molar-refractivity contribution in [3.63, 3.8) is 0 Å². The van der Waals surface area contributed by atoms with Gasteiger partial charge in [0.2, 0.25) is 0 Å². The Morgan fingerprint density at radius 3 is 3.12 bits per heavy atom. The van der Waals surface area contributed by atoms with Gasteiger partial charge in [-0.05, 0) is 31.0 Å². The van der Waals surface area contributed by atoms with Crippen molar-refractivity contribution in [3.8, 4) is 5.75 Å². The van der Waals surface area contributed by atoms with Gasteiger partial charge in [-0.3, -0.25) is 0 Å². The SMILES string of the molecule is Fc1ccc(OCC2CCCN2c2ncnc3nc[nH]c23)c(Cl)c1. The molecule has 4 rings (SSSR count). The van der Waals surface area contributed by atoms with E-state index in [1.165, 1.54) is 18.5 Å². The lowest BCUT2D eigenvalue weighted by Crippen LogP contribution is -2.35. The number of anilines is 1. The average molecular weight is 348 g/mol. The van der Waals surface area contributed by atoms with Crippen LogP contribution in [0.1, 0.15) is 12.8 Å². The zero-order valence-corrected chi connectivity index (χ0v) is 13.5. The van der Waals surface area contributed by atoms with Crippen molar-refractivity contribution in [1.82, 2.24) is 19.9 Å². The molecule has 0 amide bonds. The highest BCUT2D eigenvalue weighted by Crippen LogP contribution is 2.30. The smallest absolute Gasteiger partial charge is 0.182 e. The van der Waals surface area contributed by atoms with Crippen LogP contribution in [0, 0.1) is 5.82 Å². The van der Waals surface area contributed by atoms with Crippen LogP contribution in [0.3, 0.4) is 0 Å². The molecule has 0 saturated carbocycles. The van der Waals surface area contributed by atoms with Gasteiger partial charge in [0.1, 0.15) is 30.0 Å². The van der Waals surface area contributed by atoms with Gasteiger partial charge in [-0.25, -0.2) is 19.3 Å². The number of fused-ring (bicyclic) bond motifs is 1. The quantitative estimate of drug-likeness (QED) is 0.785. The molecule has 0 bridgehead atoms. The Morgan fingerprint density at radius 1 is 1.33 bits per heavy atom. The third-order valence-corrected chi connectivity index (χ3v) is 4.47. The van der Waals surface area contributed by atoms with Crippen molar-refractivity contribution >= 4 is 28.6 Å². The minimum atomic E-state index is -0.377. The van der Waals surface area contributed by atoms with Gasteiger partial charge in [0.05, 0.1) is 17.4 Å². The van der Waals surface area contributed by atoms with Gasteiger partial charge in [0.25, 0.3) is 0 Å². The van der Waals surface area contributed by atoms with E-state index in [4.69, 9.17) is 16.3 Å². The summed E-state index contributed by atoms with van der Waals surface area (Å²) in [6, 6.07) is 4.30. The first-order valence-electron chi connectivity index (χ1n) is 7.71. The van der Waals surface area contributed by atoms with Gasteiger partial charge in [0, 0.05) is 6.54 Å². The lowest BCUT2D eigenvalue weighted by Gasteiger charge is -2.26. The number of benzene rings is 1. The van der Waals surface area contributed by atoms with E-state index < -0.39 is 0 Å². The van der Waals surface area contributed by atoms with E-state index in [2.05, 4.69) is 24.8 Å². The molecule has 0 aliphatic carbocycles. The molecule has 1 aliphatic rings. The van der Waals surface area contributed by atoms with Crippen molar-refractivity contribution in [3.05, 3.63) is 41.7 Å². The predicted molar refractivity (Wildman–Crippen MR) is 89.0 cm³/mol. The molecule has 3 heterocycles. The lowest BCUT2D eigenvalue weighted by molar-refractivity contribution is 0.288. The summed E-state index contributed by atoms with van der Waals surface area (Å²) in [4.78, 5) is 18.0. The van der Waals surface area contributed by atoms with Gasteiger partial charge < -0.3 is 14.6 Å². The van der Waals surface area contributed by atoms with Crippen LogP contribution in [0.2, 0.25) is 5.02 Å². The molecule has 1 N–H and O–H groups in total. The highest BCUT2D eigenvalue weighted by molar-refractivity contribution is 6.32. The fourth-order valence-corrected chi connectivity index (χ4v) is 3.26. The fourth-order valence-electron chi connectivity index (χ4n) is 3.04. The normalized spacial score (nSPS) is 17.6. The van der Waals surface area contributed by atoms with E-state index in [1.54, 1.807) is 12.4 Å². The molecule has 1 atom stereocenters. The standard InChI is InChI=1S/C16H15ClFN5O/c17-12-6-10(18)3-4-13(12)24-7-11-2-1-5-23(11)16-14-15(20-8-19-14)21-9-22-16/h3-4,6,8-9,11H,1-2,5,7H2,(H,19,20,21,22). The third-order valence-electron chi connectivity index (χ3n) is 4.18. The van der Waals surface area contributed by atoms with Crippen LogP contribution in [-0.4, -0.2) is 39.1 Å². The summed E-state index contributed by atoms with van der Waals surface area (Å²) in [7, 11) is 0. The summed E-state index contributed by atoms with van der Waals surface area (Å²) in [5.41, 5.74) is 1.47. The first kappa shape index (κ1) is 15.1. The van der Waals surface area contributed by atoms with Crippen molar-refractivity contribution in [2.24, 2.45) is 0 Å². The summed E-state index contributed by atoms with van der Waals surface area (Å²) in [6.07, 6.45) is 5.16. The zero-order chi connectivity index (χ0) is 16.5. The Bertz CT molecular complexity index is 871. The minimum absolute atomic E-state index is 0.160. The molecule has 1 fully saturated rings. The highest BCUT2D eigenvalue weighted by Gasteiger charge is 2.28. The first-order chi connectivity index (χ1) is 11.7. The van der Waals surface area contributed by atoms with Crippen LogP contribution in [0.5, 0.6) is 5.75 Å². The van der Waals surface area contributed by atoms with Crippen molar-refractivity contribution < 1.29 is 9.13 Å². The van der Waals surface area contributed by atoms with Crippen LogP contribution >= 0.6 is 11.6 Å². The number of rotatable bonds is 4. The van der Waals surface area contributed by atoms with Crippen LogP contribution in [0.4, 0.5) is 10.2 Å². The number of imidazole rings is 1. The molecule has 1 aliphatic heterocycles. The third kappa shape index (κ3) is 2.75. The monoisotopic (exact) mass is 347 g/mol. The second-order valence-electron chi connectivity index (χ2n) is 5.67. The number of hydrogen-bond acceptors (Lipinski definition) is 5. The van der Waals surface area contributed by atoms with Crippen molar-refractivity contribution in [2.45, 2.75) is 18.9 Å². The van der Waals surface area contributed by atoms with Crippen LogP contribution in [0.15, 0.2) is 30.9 Å². The maximum Gasteiger partial charge on any atom is 0.182 e. The number of aromatic nitrogens is 4. The van der Waals surface area contributed by atoms with Crippen LogP contribution < -0.4 is 9.64 Å². The van der Waals surface area contributed by atoms with Gasteiger partial charge in [-0.1, -0.05) is 11.6 Å². The molecule has 8 heteroatoms. The maximum absolute atomic E-state index is 13.1. The Hall–Kier alpha value is -2.41. The second-order valence-corrected chi connectivity index (χ2v) is 6.08. The molecule has 1 aromatic carbocycles. The molecule has 0 spiro atoms. The van der Waals surface area contributed by atoms with Gasteiger partial charge in [0.15, 0.2) is 11.5 Å². The van der Waals surface area contributed by atoms with E-state index in [1.807, 2.05) is 0 Å². The van der Waals surface area contributed by atoms with Crippen molar-refractivity contribution in [2.75, 3.05) is 18.1 Å². The summed E-state index contributed by atoms with van der Waals surface area (Å²) in [5, 5.41) is 0.276. The van der Waals surface area contributed by atoms with Crippen molar-refractivity contribution in [1.29, 1.82) is 0 Å². The fraction of sp³-hybridized carbons (Fsp3) is 0.312. The lowest BCUT2D eigenvalue weighted by atomic mass is 10.2. The highest BCUT2D eigenvalue weighted by atomic mass is 35.5. The maximum atomic E-state index is 13.1. The average Bonchev–Trinajstić information content (AvgIpc) is 3.22. The summed E-state index contributed by atoms with van der Waals surface area (Å²) in [6.45, 7) is 1.33. The summed E-state index contributed by atoms with van der Waals surface area (Å²) >= 11 is 6.02. The Kier molecular flexibility index (Phi) is 3.93. The minimum Gasteiger partial charge on any atom is -0.490 e. The molecule has 6 nitrogen and oxygen atoms in total. The Labute approximate surface area is 142 Å². The van der Waals surface area contributed by atoms with E-state index in [-0.39, 0.29) is 16.9 Å². The predicted octanol–water partition coefficient (Wildman–Crippen LogP) is 3.19. The molecule has 24 heavy (non-hydrogen) atoms. The molecular weight excluding hydrogens is 333 g/mol.